The number of sulfone groups is 1. The molecule has 0 heterocycles. The fourth-order valence-corrected chi connectivity index (χ4v) is 2.28. The van der Waals surface area contributed by atoms with Gasteiger partial charge in [0.15, 0.2) is 9.84 Å². The van der Waals surface area contributed by atoms with Crippen molar-refractivity contribution in [1.82, 2.24) is 0 Å². The van der Waals surface area contributed by atoms with Crippen LogP contribution in [0.5, 0.6) is 0 Å². The van der Waals surface area contributed by atoms with Crippen molar-refractivity contribution in [3.05, 3.63) is 0 Å². The van der Waals surface area contributed by atoms with Gasteiger partial charge in [0.25, 0.3) is 0 Å². The second-order valence-electron chi connectivity index (χ2n) is 5.55. The predicted molar refractivity (Wildman–Crippen MR) is 67.2 cm³/mol. The zero-order valence-electron chi connectivity index (χ0n) is 11.0. The van der Waals surface area contributed by atoms with Crippen molar-refractivity contribution < 1.29 is 13.2 Å². The zero-order valence-corrected chi connectivity index (χ0v) is 11.9. The first-order valence-corrected chi connectivity index (χ1v) is 7.54. The second-order valence-corrected chi connectivity index (χ2v) is 8.22. The molecule has 0 aromatic carbocycles. The van der Waals surface area contributed by atoms with Crippen LogP contribution in [0.2, 0.25) is 0 Å². The minimum Gasteiger partial charge on any atom is -0.299 e. The molecule has 0 aromatic rings. The molecule has 0 aliphatic rings. The van der Waals surface area contributed by atoms with Gasteiger partial charge in [0.1, 0.15) is 5.78 Å². The van der Waals surface area contributed by atoms with Gasteiger partial charge < -0.3 is 0 Å². The van der Waals surface area contributed by atoms with Crippen LogP contribution in [-0.2, 0) is 14.6 Å². The molecule has 0 radical (unpaired) electrons. The molecule has 0 amide bonds. The van der Waals surface area contributed by atoms with Gasteiger partial charge in [-0.15, -0.1) is 0 Å². The average molecular weight is 248 g/mol. The minimum atomic E-state index is -2.94. The molecular weight excluding hydrogens is 224 g/mol. The summed E-state index contributed by atoms with van der Waals surface area (Å²) in [6.07, 6.45) is 1.74. The Morgan fingerprint density at radius 2 is 1.62 bits per heavy atom. The summed E-state index contributed by atoms with van der Waals surface area (Å²) < 4.78 is 23.0. The number of unbranched alkanes of at least 4 members (excludes halogenated alkanes) is 1. The molecule has 3 nitrogen and oxygen atoms in total. The van der Waals surface area contributed by atoms with Gasteiger partial charge in [-0.05, 0) is 26.7 Å². The maximum atomic E-state index is 11.6. The summed E-state index contributed by atoms with van der Waals surface area (Å²) in [5.74, 6) is 0.400. The SMILES string of the molecule is CC(C)S(=O)(=O)CCCCC(=O)C(C)(C)C. The van der Waals surface area contributed by atoms with Crippen molar-refractivity contribution in [2.75, 3.05) is 5.75 Å². The molecule has 0 saturated carbocycles. The van der Waals surface area contributed by atoms with Crippen LogP contribution in [0.25, 0.3) is 0 Å². The van der Waals surface area contributed by atoms with Gasteiger partial charge in [0, 0.05) is 11.8 Å². The number of rotatable bonds is 6. The van der Waals surface area contributed by atoms with E-state index in [2.05, 4.69) is 0 Å². The van der Waals surface area contributed by atoms with E-state index < -0.39 is 9.84 Å². The van der Waals surface area contributed by atoms with Crippen molar-refractivity contribution in [3.63, 3.8) is 0 Å². The third-order valence-corrected chi connectivity index (χ3v) is 4.93. The van der Waals surface area contributed by atoms with Crippen LogP contribution >= 0.6 is 0 Å². The Morgan fingerprint density at radius 1 is 1.12 bits per heavy atom. The highest BCUT2D eigenvalue weighted by atomic mass is 32.2. The summed E-state index contributed by atoms with van der Waals surface area (Å²) in [5.41, 5.74) is -0.309. The number of ketones is 1. The lowest BCUT2D eigenvalue weighted by atomic mass is 9.88. The molecule has 96 valence electrons. The van der Waals surface area contributed by atoms with E-state index in [0.717, 1.165) is 0 Å². The quantitative estimate of drug-likeness (QED) is 0.679. The molecule has 0 atom stereocenters. The first kappa shape index (κ1) is 15.6. The van der Waals surface area contributed by atoms with Gasteiger partial charge in [-0.2, -0.15) is 0 Å². The van der Waals surface area contributed by atoms with E-state index in [1.54, 1.807) is 13.8 Å². The maximum Gasteiger partial charge on any atom is 0.152 e. The first-order valence-electron chi connectivity index (χ1n) is 5.82. The second kappa shape index (κ2) is 5.80. The monoisotopic (exact) mass is 248 g/mol. The molecule has 0 N–H and O–H groups in total. The average Bonchev–Trinajstić information content (AvgIpc) is 2.10. The molecule has 0 aliphatic carbocycles. The molecule has 0 bridgehead atoms. The van der Waals surface area contributed by atoms with E-state index in [4.69, 9.17) is 0 Å². The Bertz CT molecular complexity index is 321. The zero-order chi connectivity index (χ0) is 13.0. The Labute approximate surface area is 99.5 Å². The van der Waals surface area contributed by atoms with Crippen molar-refractivity contribution in [2.45, 2.75) is 59.1 Å². The van der Waals surface area contributed by atoms with E-state index in [-0.39, 0.29) is 22.2 Å². The molecule has 0 aromatic heterocycles. The molecule has 0 rings (SSSR count). The van der Waals surface area contributed by atoms with Gasteiger partial charge in [-0.3, -0.25) is 4.79 Å². The van der Waals surface area contributed by atoms with E-state index in [1.807, 2.05) is 20.8 Å². The van der Waals surface area contributed by atoms with Crippen LogP contribution in [-0.4, -0.2) is 25.2 Å². The molecular formula is C12H24O3S. The van der Waals surface area contributed by atoms with Crippen molar-refractivity contribution in [3.8, 4) is 0 Å². The Balaban J connectivity index is 3.92. The molecule has 16 heavy (non-hydrogen) atoms. The summed E-state index contributed by atoms with van der Waals surface area (Å²) in [6, 6.07) is 0. The number of hydrogen-bond donors (Lipinski definition) is 0. The normalized spacial score (nSPS) is 13.1. The van der Waals surface area contributed by atoms with Crippen molar-refractivity contribution in [1.29, 1.82) is 0 Å². The Morgan fingerprint density at radius 3 is 2.00 bits per heavy atom. The molecule has 4 heteroatoms. The number of Topliss-reactive ketones (excluding diaryl/α,β-unsaturated/α-hetero) is 1. The highest BCUT2D eigenvalue weighted by Crippen LogP contribution is 2.18. The number of hydrogen-bond acceptors (Lipinski definition) is 3. The van der Waals surface area contributed by atoms with Gasteiger partial charge in [0.05, 0.1) is 11.0 Å². The Hall–Kier alpha value is -0.380. The van der Waals surface area contributed by atoms with Crippen LogP contribution in [0.4, 0.5) is 0 Å². The van der Waals surface area contributed by atoms with Crippen molar-refractivity contribution in [2.24, 2.45) is 5.41 Å². The summed E-state index contributed by atoms with van der Waals surface area (Å²) in [7, 11) is -2.94. The smallest absolute Gasteiger partial charge is 0.152 e. The van der Waals surface area contributed by atoms with E-state index in [9.17, 15) is 13.2 Å². The third-order valence-electron chi connectivity index (χ3n) is 2.64. The predicted octanol–water partition coefficient (Wildman–Crippen LogP) is 2.60. The Kier molecular flexibility index (Phi) is 5.66. The van der Waals surface area contributed by atoms with Crippen LogP contribution in [0.1, 0.15) is 53.9 Å². The molecule has 0 unspecified atom stereocenters. The van der Waals surface area contributed by atoms with Crippen molar-refractivity contribution >= 4 is 15.6 Å². The number of carbonyl (C=O) groups excluding carboxylic acids is 1. The highest BCUT2D eigenvalue weighted by molar-refractivity contribution is 7.91. The fraction of sp³-hybridized carbons (Fsp3) is 0.917. The standard InChI is InChI=1S/C12H24O3S/c1-10(2)16(14,15)9-7-6-8-11(13)12(3,4)5/h10H,6-9H2,1-5H3. The molecule has 0 saturated heterocycles. The molecule has 0 spiro atoms. The van der Waals surface area contributed by atoms with E-state index in [0.29, 0.717) is 19.3 Å². The largest absolute Gasteiger partial charge is 0.299 e. The lowest BCUT2D eigenvalue weighted by Gasteiger charge is -2.16. The van der Waals surface area contributed by atoms with Gasteiger partial charge >= 0.3 is 0 Å². The van der Waals surface area contributed by atoms with E-state index in [1.165, 1.54) is 0 Å². The molecule has 0 aliphatic heterocycles. The lowest BCUT2D eigenvalue weighted by Crippen LogP contribution is -2.21. The fourth-order valence-electron chi connectivity index (χ4n) is 1.20. The van der Waals surface area contributed by atoms with Crippen LogP contribution in [0, 0.1) is 5.41 Å². The maximum absolute atomic E-state index is 11.6. The lowest BCUT2D eigenvalue weighted by molar-refractivity contribution is -0.126. The molecule has 0 fully saturated rings. The summed E-state index contributed by atoms with van der Waals surface area (Å²) in [5, 5.41) is -0.314. The first-order chi connectivity index (χ1) is 7.07. The summed E-state index contributed by atoms with van der Waals surface area (Å²) in [4.78, 5) is 11.6. The number of carbonyl (C=O) groups is 1. The topological polar surface area (TPSA) is 51.2 Å². The third kappa shape index (κ3) is 5.64. The van der Waals surface area contributed by atoms with E-state index >= 15 is 0 Å². The highest BCUT2D eigenvalue weighted by Gasteiger charge is 2.21. The van der Waals surface area contributed by atoms with Gasteiger partial charge in [0.2, 0.25) is 0 Å². The summed E-state index contributed by atoms with van der Waals surface area (Å²) >= 11 is 0. The summed E-state index contributed by atoms with van der Waals surface area (Å²) in [6.45, 7) is 9.05. The van der Waals surface area contributed by atoms with Gasteiger partial charge in [-0.25, -0.2) is 8.42 Å². The minimum absolute atomic E-state index is 0.197. The van der Waals surface area contributed by atoms with Gasteiger partial charge in [-0.1, -0.05) is 20.8 Å². The van der Waals surface area contributed by atoms with Crippen LogP contribution in [0.3, 0.4) is 0 Å². The van der Waals surface area contributed by atoms with Crippen LogP contribution < -0.4 is 0 Å². The van der Waals surface area contributed by atoms with Crippen LogP contribution in [0.15, 0.2) is 0 Å².